The maximum absolute atomic E-state index is 12.8. The Kier molecular flexibility index (Phi) is 4.17. The second kappa shape index (κ2) is 5.98. The zero-order chi connectivity index (χ0) is 20.9. The molecule has 0 saturated heterocycles. The van der Waals surface area contributed by atoms with Gasteiger partial charge in [-0.25, -0.2) is 0 Å². The minimum atomic E-state index is -0.156. The minimum absolute atomic E-state index is 0.00766. The predicted molar refractivity (Wildman–Crippen MR) is 116 cm³/mol. The SMILES string of the molecule is CC1(C)C(=O)CCC2(C)C1CCC1(C)C2CCC2C3CCCC3(C=O)CCC21C. The van der Waals surface area contributed by atoms with E-state index in [0.29, 0.717) is 33.9 Å². The van der Waals surface area contributed by atoms with Gasteiger partial charge in [-0.2, -0.15) is 0 Å². The van der Waals surface area contributed by atoms with Gasteiger partial charge in [-0.3, -0.25) is 4.79 Å². The summed E-state index contributed by atoms with van der Waals surface area (Å²) in [4.78, 5) is 25.0. The fourth-order valence-corrected chi connectivity index (χ4v) is 10.6. The largest absolute Gasteiger partial charge is 0.303 e. The predicted octanol–water partition coefficient (Wildman–Crippen LogP) is 6.61. The molecule has 5 saturated carbocycles. The molecule has 0 spiro atoms. The van der Waals surface area contributed by atoms with Crippen molar-refractivity contribution < 1.29 is 9.59 Å². The van der Waals surface area contributed by atoms with Crippen LogP contribution in [0.3, 0.4) is 0 Å². The van der Waals surface area contributed by atoms with Crippen LogP contribution in [0.25, 0.3) is 0 Å². The number of hydrogen-bond acceptors (Lipinski definition) is 2. The molecule has 0 N–H and O–H groups in total. The summed E-state index contributed by atoms with van der Waals surface area (Å²) in [5, 5.41) is 0. The number of ketones is 1. The lowest BCUT2D eigenvalue weighted by atomic mass is 9.32. The Morgan fingerprint density at radius 1 is 0.759 bits per heavy atom. The van der Waals surface area contributed by atoms with Crippen molar-refractivity contribution in [3.8, 4) is 0 Å². The van der Waals surface area contributed by atoms with Crippen molar-refractivity contribution in [1.82, 2.24) is 0 Å². The molecule has 8 unspecified atom stereocenters. The van der Waals surface area contributed by atoms with Gasteiger partial charge in [0.05, 0.1) is 0 Å². The van der Waals surface area contributed by atoms with Gasteiger partial charge in [0.15, 0.2) is 0 Å². The lowest BCUT2D eigenvalue weighted by Gasteiger charge is -2.72. The van der Waals surface area contributed by atoms with E-state index in [2.05, 4.69) is 34.6 Å². The maximum Gasteiger partial charge on any atom is 0.138 e. The Morgan fingerprint density at radius 2 is 1.52 bits per heavy atom. The van der Waals surface area contributed by atoms with Gasteiger partial charge in [-0.05, 0) is 97.7 Å². The highest BCUT2D eigenvalue weighted by molar-refractivity contribution is 5.85. The summed E-state index contributed by atoms with van der Waals surface area (Å²) in [6, 6.07) is 0. The van der Waals surface area contributed by atoms with Crippen molar-refractivity contribution in [3.63, 3.8) is 0 Å². The third-order valence-electron chi connectivity index (χ3n) is 12.4. The van der Waals surface area contributed by atoms with Crippen LogP contribution in [0, 0.1) is 50.7 Å². The summed E-state index contributed by atoms with van der Waals surface area (Å²) >= 11 is 0. The van der Waals surface area contributed by atoms with Gasteiger partial charge >= 0.3 is 0 Å². The van der Waals surface area contributed by atoms with E-state index in [9.17, 15) is 9.59 Å². The zero-order valence-electron chi connectivity index (χ0n) is 19.5. The van der Waals surface area contributed by atoms with Gasteiger partial charge in [0.2, 0.25) is 0 Å². The van der Waals surface area contributed by atoms with Crippen LogP contribution < -0.4 is 0 Å². The van der Waals surface area contributed by atoms with Crippen LogP contribution in [-0.2, 0) is 9.59 Å². The van der Waals surface area contributed by atoms with Crippen molar-refractivity contribution in [3.05, 3.63) is 0 Å². The average molecular weight is 399 g/mol. The van der Waals surface area contributed by atoms with E-state index < -0.39 is 0 Å². The van der Waals surface area contributed by atoms with Gasteiger partial charge in [0, 0.05) is 17.3 Å². The Labute approximate surface area is 178 Å². The van der Waals surface area contributed by atoms with Gasteiger partial charge in [0.1, 0.15) is 12.1 Å². The minimum Gasteiger partial charge on any atom is -0.303 e. The molecule has 5 aliphatic carbocycles. The first kappa shape index (κ1) is 20.3. The number of carbonyl (C=O) groups is 2. The van der Waals surface area contributed by atoms with Crippen molar-refractivity contribution in [1.29, 1.82) is 0 Å². The second-order valence-corrected chi connectivity index (χ2v) is 13.2. The van der Waals surface area contributed by atoms with E-state index >= 15 is 0 Å². The van der Waals surface area contributed by atoms with Gasteiger partial charge in [0.25, 0.3) is 0 Å². The van der Waals surface area contributed by atoms with Crippen LogP contribution in [0.5, 0.6) is 0 Å². The highest BCUT2D eigenvalue weighted by Gasteiger charge is 2.69. The van der Waals surface area contributed by atoms with Gasteiger partial charge in [-0.1, -0.05) is 41.0 Å². The van der Waals surface area contributed by atoms with Crippen molar-refractivity contribution in [2.24, 2.45) is 50.7 Å². The van der Waals surface area contributed by atoms with Crippen molar-refractivity contribution in [2.75, 3.05) is 0 Å². The molecule has 2 nitrogen and oxygen atoms in total. The highest BCUT2D eigenvalue weighted by Crippen LogP contribution is 2.76. The summed E-state index contributed by atoms with van der Waals surface area (Å²) in [7, 11) is 0. The Balaban J connectivity index is 1.54. The molecule has 0 aliphatic heterocycles. The number of rotatable bonds is 1. The molecule has 162 valence electrons. The molecular weight excluding hydrogens is 356 g/mol. The number of carbonyl (C=O) groups excluding carboxylic acids is 2. The molecule has 5 aliphatic rings. The normalized spacial score (nSPS) is 56.0. The smallest absolute Gasteiger partial charge is 0.138 e. The molecule has 0 amide bonds. The highest BCUT2D eigenvalue weighted by atomic mass is 16.1. The monoisotopic (exact) mass is 398 g/mol. The molecule has 0 aromatic carbocycles. The Hall–Kier alpha value is -0.660. The Morgan fingerprint density at radius 3 is 2.24 bits per heavy atom. The van der Waals surface area contributed by atoms with Gasteiger partial charge < -0.3 is 4.79 Å². The molecular formula is C27H42O2. The lowest BCUT2D eigenvalue weighted by molar-refractivity contribution is -0.229. The lowest BCUT2D eigenvalue weighted by Crippen LogP contribution is -2.66. The average Bonchev–Trinajstić information content (AvgIpc) is 3.10. The number of fused-ring (bicyclic) bond motifs is 7. The summed E-state index contributed by atoms with van der Waals surface area (Å²) in [5.74, 6) is 3.13. The van der Waals surface area contributed by atoms with E-state index in [0.717, 1.165) is 37.5 Å². The number of hydrogen-bond donors (Lipinski definition) is 0. The first-order valence-electron chi connectivity index (χ1n) is 12.5. The molecule has 5 rings (SSSR count). The molecule has 2 heteroatoms. The van der Waals surface area contributed by atoms with Crippen LogP contribution in [0.2, 0.25) is 0 Å². The molecule has 29 heavy (non-hydrogen) atoms. The summed E-state index contributed by atoms with van der Waals surface area (Å²) in [6.07, 6.45) is 14.4. The molecule has 0 aromatic rings. The van der Waals surface area contributed by atoms with Crippen LogP contribution in [0.15, 0.2) is 0 Å². The quantitative estimate of drug-likeness (QED) is 0.466. The van der Waals surface area contributed by atoms with Crippen LogP contribution in [0.4, 0.5) is 0 Å². The summed E-state index contributed by atoms with van der Waals surface area (Å²) in [6.45, 7) is 12.3. The molecule has 8 atom stereocenters. The third kappa shape index (κ3) is 2.25. The summed E-state index contributed by atoms with van der Waals surface area (Å²) < 4.78 is 0. The molecule has 0 bridgehead atoms. The molecule has 0 heterocycles. The standard InChI is InChI=1S/C27H42O2/c1-23(2)20-10-14-26(5)21(24(20,3)13-11-22(23)29)9-8-18-19-7-6-12-27(19,17-28)16-15-25(18,26)4/h17-21H,6-16H2,1-5H3. The topological polar surface area (TPSA) is 34.1 Å². The fourth-order valence-electron chi connectivity index (χ4n) is 10.6. The molecule has 0 aromatic heterocycles. The van der Waals surface area contributed by atoms with Crippen LogP contribution in [0.1, 0.15) is 105 Å². The first-order valence-corrected chi connectivity index (χ1v) is 12.5. The van der Waals surface area contributed by atoms with E-state index in [4.69, 9.17) is 0 Å². The van der Waals surface area contributed by atoms with Crippen LogP contribution >= 0.6 is 0 Å². The molecule has 0 radical (unpaired) electrons. The van der Waals surface area contributed by atoms with Crippen molar-refractivity contribution in [2.45, 2.75) is 105 Å². The maximum atomic E-state index is 12.8. The van der Waals surface area contributed by atoms with Crippen molar-refractivity contribution >= 4 is 12.1 Å². The second-order valence-electron chi connectivity index (χ2n) is 13.2. The first-order chi connectivity index (χ1) is 13.6. The Bertz CT molecular complexity index is 739. The zero-order valence-corrected chi connectivity index (χ0v) is 19.5. The number of Topliss-reactive ketones (excluding diaryl/α,β-unsaturated/α-hetero) is 1. The van der Waals surface area contributed by atoms with Gasteiger partial charge in [-0.15, -0.1) is 0 Å². The van der Waals surface area contributed by atoms with E-state index in [1.807, 2.05) is 0 Å². The third-order valence-corrected chi connectivity index (χ3v) is 12.4. The fraction of sp³-hybridized carbons (Fsp3) is 0.926. The summed E-state index contributed by atoms with van der Waals surface area (Å²) in [5.41, 5.74) is 0.865. The number of aldehydes is 1. The van der Waals surface area contributed by atoms with E-state index in [-0.39, 0.29) is 10.8 Å². The van der Waals surface area contributed by atoms with E-state index in [1.54, 1.807) is 0 Å². The van der Waals surface area contributed by atoms with Crippen LogP contribution in [-0.4, -0.2) is 12.1 Å². The molecule has 5 fully saturated rings. The van der Waals surface area contributed by atoms with E-state index in [1.165, 1.54) is 51.2 Å².